The van der Waals surface area contributed by atoms with Gasteiger partial charge in [0.15, 0.2) is 0 Å². The third-order valence-electron chi connectivity index (χ3n) is 5.20. The molecule has 0 atom stereocenters. The van der Waals surface area contributed by atoms with Crippen LogP contribution < -0.4 is 0 Å². The minimum Gasteiger partial charge on any atom is -0.466 e. The van der Waals surface area contributed by atoms with E-state index in [2.05, 4.69) is 28.4 Å². The van der Waals surface area contributed by atoms with Crippen molar-refractivity contribution < 1.29 is 9.53 Å². The summed E-state index contributed by atoms with van der Waals surface area (Å²) in [5.74, 6) is 1.30. The van der Waals surface area contributed by atoms with Gasteiger partial charge in [-0.05, 0) is 37.2 Å². The highest BCUT2D eigenvalue weighted by Crippen LogP contribution is 2.28. The maximum atomic E-state index is 12.8. The first-order valence-corrected chi connectivity index (χ1v) is 9.24. The van der Waals surface area contributed by atoms with Crippen LogP contribution in [0, 0.1) is 0 Å². The maximum Gasteiger partial charge on any atom is 0.328 e. The fourth-order valence-corrected chi connectivity index (χ4v) is 3.69. The van der Waals surface area contributed by atoms with E-state index in [0.717, 1.165) is 51.0 Å². The van der Waals surface area contributed by atoms with Crippen LogP contribution in [0.15, 0.2) is 60.6 Å². The first-order valence-electron chi connectivity index (χ1n) is 9.24. The first kappa shape index (κ1) is 16.7. The van der Waals surface area contributed by atoms with Gasteiger partial charge in [-0.2, -0.15) is 5.10 Å². The Morgan fingerprint density at radius 2 is 2.23 bits per heavy atom. The van der Waals surface area contributed by atoms with E-state index in [0.29, 0.717) is 5.92 Å². The maximum absolute atomic E-state index is 12.8. The summed E-state index contributed by atoms with van der Waals surface area (Å²) in [6.45, 7) is 1.53. The SMILES string of the molecule is O=C(N1C=COC(CC2=CC=CCC2)=C1)N1CCC(c2cn[nH]c2)CC1. The van der Waals surface area contributed by atoms with Gasteiger partial charge < -0.3 is 9.64 Å². The summed E-state index contributed by atoms with van der Waals surface area (Å²) in [5, 5.41) is 6.90. The number of urea groups is 1. The van der Waals surface area contributed by atoms with E-state index in [-0.39, 0.29) is 6.03 Å². The summed E-state index contributed by atoms with van der Waals surface area (Å²) in [4.78, 5) is 16.4. The quantitative estimate of drug-likeness (QED) is 0.894. The third kappa shape index (κ3) is 3.74. The van der Waals surface area contributed by atoms with Gasteiger partial charge in [-0.3, -0.25) is 10.00 Å². The lowest BCUT2D eigenvalue weighted by Gasteiger charge is -2.34. The molecule has 6 nitrogen and oxygen atoms in total. The summed E-state index contributed by atoms with van der Waals surface area (Å²) in [6.07, 6.45) is 20.2. The molecular weight excluding hydrogens is 328 g/mol. The number of carbonyl (C=O) groups is 1. The van der Waals surface area contributed by atoms with Crippen LogP contribution in [0.2, 0.25) is 0 Å². The van der Waals surface area contributed by atoms with Crippen molar-refractivity contribution in [2.45, 2.75) is 38.0 Å². The zero-order chi connectivity index (χ0) is 17.8. The number of aromatic nitrogens is 2. The summed E-state index contributed by atoms with van der Waals surface area (Å²) in [5.41, 5.74) is 2.57. The fraction of sp³-hybridized carbons (Fsp3) is 0.400. The van der Waals surface area contributed by atoms with Crippen LogP contribution in [0.5, 0.6) is 0 Å². The van der Waals surface area contributed by atoms with Gasteiger partial charge in [0.1, 0.15) is 12.0 Å². The molecule has 2 amide bonds. The van der Waals surface area contributed by atoms with Crippen LogP contribution in [-0.2, 0) is 4.74 Å². The number of hydrogen-bond acceptors (Lipinski definition) is 3. The first-order chi connectivity index (χ1) is 12.8. The van der Waals surface area contributed by atoms with E-state index in [1.54, 1.807) is 17.4 Å². The number of nitrogens with zero attached hydrogens (tertiary/aromatic N) is 3. The molecule has 1 saturated heterocycles. The second kappa shape index (κ2) is 7.64. The Morgan fingerprint density at radius 1 is 1.35 bits per heavy atom. The molecule has 1 fully saturated rings. The second-order valence-corrected chi connectivity index (χ2v) is 6.95. The Bertz CT molecular complexity index is 753. The van der Waals surface area contributed by atoms with Gasteiger partial charge in [0.25, 0.3) is 0 Å². The third-order valence-corrected chi connectivity index (χ3v) is 5.20. The number of allylic oxidation sites excluding steroid dienone is 4. The van der Waals surface area contributed by atoms with Crippen LogP contribution in [0.4, 0.5) is 4.79 Å². The Labute approximate surface area is 153 Å². The number of rotatable bonds is 3. The zero-order valence-electron chi connectivity index (χ0n) is 14.8. The van der Waals surface area contributed by atoms with E-state index in [4.69, 9.17) is 4.74 Å². The number of aromatic amines is 1. The zero-order valence-corrected chi connectivity index (χ0v) is 14.8. The monoisotopic (exact) mass is 352 g/mol. The lowest BCUT2D eigenvalue weighted by Crippen LogP contribution is -2.43. The number of likely N-dealkylation sites (tertiary alicyclic amines) is 1. The molecule has 0 saturated carbocycles. The fourth-order valence-electron chi connectivity index (χ4n) is 3.69. The molecule has 2 aliphatic heterocycles. The summed E-state index contributed by atoms with van der Waals surface area (Å²) < 4.78 is 5.61. The van der Waals surface area contributed by atoms with Crippen LogP contribution in [0.1, 0.15) is 43.6 Å². The second-order valence-electron chi connectivity index (χ2n) is 6.95. The van der Waals surface area contributed by atoms with Crippen LogP contribution >= 0.6 is 0 Å². The molecule has 0 radical (unpaired) electrons. The molecule has 0 spiro atoms. The molecule has 1 aliphatic carbocycles. The molecular formula is C20H24N4O2. The smallest absolute Gasteiger partial charge is 0.328 e. The molecule has 6 heteroatoms. The van der Waals surface area contributed by atoms with Gasteiger partial charge in [0, 0.05) is 31.9 Å². The Morgan fingerprint density at radius 3 is 2.96 bits per heavy atom. The summed E-state index contributed by atoms with van der Waals surface area (Å²) in [7, 11) is 0. The molecule has 0 unspecified atom stereocenters. The molecule has 3 heterocycles. The number of H-pyrrole nitrogens is 1. The average Bonchev–Trinajstić information content (AvgIpc) is 3.23. The lowest BCUT2D eigenvalue weighted by atomic mass is 9.92. The Hall–Kier alpha value is -2.76. The van der Waals surface area contributed by atoms with Crippen LogP contribution in [0.3, 0.4) is 0 Å². The van der Waals surface area contributed by atoms with Crippen molar-refractivity contribution in [3.8, 4) is 0 Å². The van der Waals surface area contributed by atoms with Crippen LogP contribution in [0.25, 0.3) is 0 Å². The highest BCUT2D eigenvalue weighted by atomic mass is 16.5. The Kier molecular flexibility index (Phi) is 4.91. The molecule has 0 aromatic carbocycles. The molecule has 1 aromatic rings. The van der Waals surface area contributed by atoms with Gasteiger partial charge >= 0.3 is 6.03 Å². The highest BCUT2D eigenvalue weighted by Gasteiger charge is 2.27. The number of nitrogens with one attached hydrogen (secondary N) is 1. The molecule has 0 bridgehead atoms. The van der Waals surface area contributed by atoms with Gasteiger partial charge in [-0.15, -0.1) is 0 Å². The van der Waals surface area contributed by atoms with Gasteiger partial charge in [-0.25, -0.2) is 4.79 Å². The van der Waals surface area contributed by atoms with E-state index < -0.39 is 0 Å². The predicted octanol–water partition coefficient (Wildman–Crippen LogP) is 4.02. The number of amides is 2. The van der Waals surface area contributed by atoms with E-state index >= 15 is 0 Å². The van der Waals surface area contributed by atoms with E-state index in [9.17, 15) is 4.79 Å². The van der Waals surface area contributed by atoms with Gasteiger partial charge in [-0.1, -0.05) is 23.8 Å². The van der Waals surface area contributed by atoms with Crippen molar-refractivity contribution in [3.05, 3.63) is 66.2 Å². The summed E-state index contributed by atoms with van der Waals surface area (Å²) in [6, 6.07) is 0.0187. The van der Waals surface area contributed by atoms with Crippen molar-refractivity contribution in [2.75, 3.05) is 13.1 Å². The normalized spacial score (nSPS) is 20.6. The largest absolute Gasteiger partial charge is 0.466 e. The van der Waals surface area contributed by atoms with Gasteiger partial charge in [0.2, 0.25) is 0 Å². The standard InChI is InChI=1S/C20H24N4O2/c25-20(23-8-6-17(7-9-23)18-13-21-22-14-18)24-10-11-26-19(15-24)12-16-4-2-1-3-5-16/h1-2,4,10-11,13-15,17H,3,5-9,12H2,(H,21,22). The average molecular weight is 352 g/mol. The molecule has 136 valence electrons. The summed E-state index contributed by atoms with van der Waals surface area (Å²) >= 11 is 0. The predicted molar refractivity (Wildman–Crippen MR) is 98.8 cm³/mol. The number of hydrogen-bond donors (Lipinski definition) is 1. The van der Waals surface area contributed by atoms with Crippen molar-refractivity contribution in [2.24, 2.45) is 0 Å². The molecule has 26 heavy (non-hydrogen) atoms. The van der Waals surface area contributed by atoms with Crippen molar-refractivity contribution >= 4 is 6.03 Å². The molecule has 3 aliphatic rings. The topological polar surface area (TPSA) is 61.5 Å². The van der Waals surface area contributed by atoms with E-state index in [1.807, 2.05) is 23.5 Å². The molecule has 4 rings (SSSR count). The van der Waals surface area contributed by atoms with E-state index in [1.165, 1.54) is 11.1 Å². The van der Waals surface area contributed by atoms with Crippen molar-refractivity contribution in [3.63, 3.8) is 0 Å². The number of ether oxygens (including phenoxy) is 1. The van der Waals surface area contributed by atoms with Crippen molar-refractivity contribution in [1.29, 1.82) is 0 Å². The van der Waals surface area contributed by atoms with Crippen molar-refractivity contribution in [1.82, 2.24) is 20.0 Å². The Balaban J connectivity index is 1.35. The number of piperidine rings is 1. The molecule has 1 aromatic heterocycles. The molecule has 1 N–H and O–H groups in total. The highest BCUT2D eigenvalue weighted by molar-refractivity contribution is 5.77. The van der Waals surface area contributed by atoms with Gasteiger partial charge in [0.05, 0.1) is 12.4 Å². The minimum atomic E-state index is 0.0187. The number of carbonyl (C=O) groups excluding carboxylic acids is 1. The minimum absolute atomic E-state index is 0.0187. The lowest BCUT2D eigenvalue weighted by molar-refractivity contribution is 0.160. The van der Waals surface area contributed by atoms with Crippen LogP contribution in [-0.4, -0.2) is 39.1 Å².